The minimum absolute atomic E-state index is 0.201. The first-order chi connectivity index (χ1) is 7.59. The van der Waals surface area contributed by atoms with Crippen LogP contribution >= 0.6 is 46.1 Å². The molecule has 0 fully saturated rings. The largest absolute Gasteiger partial charge is 0.288 e. The second kappa shape index (κ2) is 4.76. The number of ketones is 1. The molecule has 0 radical (unpaired) electrons. The van der Waals surface area contributed by atoms with Crippen molar-refractivity contribution in [3.8, 4) is 0 Å². The summed E-state index contributed by atoms with van der Waals surface area (Å²) in [6.45, 7) is 0. The summed E-state index contributed by atoms with van der Waals surface area (Å²) in [5.41, 5.74) is 0.374. The molecule has 0 amide bonds. The van der Waals surface area contributed by atoms with Crippen molar-refractivity contribution in [2.24, 2.45) is 0 Å². The van der Waals surface area contributed by atoms with E-state index in [-0.39, 0.29) is 5.78 Å². The predicted octanol–water partition coefficient (Wildman–Crippen LogP) is 4.94. The van der Waals surface area contributed by atoms with Crippen molar-refractivity contribution in [3.05, 3.63) is 55.2 Å². The van der Waals surface area contributed by atoms with E-state index in [9.17, 15) is 4.79 Å². The number of hydrogen-bond donors (Lipinski definition) is 0. The molecule has 0 saturated heterocycles. The summed E-state index contributed by atoms with van der Waals surface area (Å²) in [5, 5.41) is 3.04. The normalized spacial score (nSPS) is 10.4. The lowest BCUT2D eigenvalue weighted by Gasteiger charge is -2.02. The number of thiophene rings is 1. The maximum Gasteiger partial charge on any atom is 0.206 e. The van der Waals surface area contributed by atoms with Gasteiger partial charge in [-0.2, -0.15) is 0 Å². The van der Waals surface area contributed by atoms with Crippen LogP contribution in [-0.2, 0) is 0 Å². The molecule has 16 heavy (non-hydrogen) atoms. The first-order valence-corrected chi connectivity index (χ1v) is 6.33. The molecule has 0 aliphatic carbocycles. The highest BCUT2D eigenvalue weighted by Gasteiger charge is 2.17. The van der Waals surface area contributed by atoms with Gasteiger partial charge in [0.1, 0.15) is 0 Å². The van der Waals surface area contributed by atoms with E-state index >= 15 is 0 Å². The van der Waals surface area contributed by atoms with Crippen LogP contribution in [0.15, 0.2) is 29.6 Å². The Labute approximate surface area is 112 Å². The number of carbonyl (C=O) groups excluding carboxylic acids is 1. The van der Waals surface area contributed by atoms with Crippen LogP contribution in [0.3, 0.4) is 0 Å². The van der Waals surface area contributed by atoms with Gasteiger partial charge in [-0.25, -0.2) is 0 Å². The van der Waals surface area contributed by atoms with Gasteiger partial charge in [-0.3, -0.25) is 4.79 Å². The van der Waals surface area contributed by atoms with Crippen LogP contribution in [0.25, 0.3) is 0 Å². The lowest BCUT2D eigenvalue weighted by Crippen LogP contribution is -2.00. The fourth-order valence-electron chi connectivity index (χ4n) is 1.25. The Morgan fingerprint density at radius 3 is 2.44 bits per heavy atom. The fraction of sp³-hybridized carbons (Fsp3) is 0. The molecule has 0 saturated carbocycles. The molecule has 0 N–H and O–H groups in total. The van der Waals surface area contributed by atoms with Gasteiger partial charge in [0.15, 0.2) is 0 Å². The summed E-state index contributed by atoms with van der Waals surface area (Å²) in [6.07, 6.45) is 0. The lowest BCUT2D eigenvalue weighted by molar-refractivity contribution is 0.104. The number of carbonyl (C=O) groups is 1. The highest BCUT2D eigenvalue weighted by atomic mass is 35.5. The number of hydrogen-bond acceptors (Lipinski definition) is 2. The smallest absolute Gasteiger partial charge is 0.206 e. The minimum atomic E-state index is -0.201. The summed E-state index contributed by atoms with van der Waals surface area (Å²) < 4.78 is 0. The summed E-state index contributed by atoms with van der Waals surface area (Å²) in [4.78, 5) is 12.6. The average molecular weight is 292 g/mol. The molecule has 5 heteroatoms. The molecule has 0 bridgehead atoms. The van der Waals surface area contributed by atoms with Crippen molar-refractivity contribution in [2.45, 2.75) is 0 Å². The van der Waals surface area contributed by atoms with Crippen molar-refractivity contribution in [1.29, 1.82) is 0 Å². The zero-order chi connectivity index (χ0) is 11.7. The minimum Gasteiger partial charge on any atom is -0.288 e. The van der Waals surface area contributed by atoms with Gasteiger partial charge in [-0.05, 0) is 29.6 Å². The Morgan fingerprint density at radius 1 is 1.06 bits per heavy atom. The van der Waals surface area contributed by atoms with Gasteiger partial charge in [-0.15, -0.1) is 11.3 Å². The van der Waals surface area contributed by atoms with Crippen molar-refractivity contribution in [3.63, 3.8) is 0 Å². The van der Waals surface area contributed by atoms with Crippen LogP contribution < -0.4 is 0 Å². The number of rotatable bonds is 2. The van der Waals surface area contributed by atoms with E-state index in [0.717, 1.165) is 0 Å². The number of benzene rings is 1. The van der Waals surface area contributed by atoms with Crippen LogP contribution in [0.2, 0.25) is 15.1 Å². The molecule has 2 aromatic rings. The molecular formula is C11H5Cl3OS. The molecular weight excluding hydrogens is 287 g/mol. The monoisotopic (exact) mass is 290 g/mol. The van der Waals surface area contributed by atoms with Gasteiger partial charge in [-0.1, -0.05) is 34.8 Å². The fourth-order valence-corrected chi connectivity index (χ4v) is 2.72. The predicted molar refractivity (Wildman–Crippen MR) is 69.2 cm³/mol. The van der Waals surface area contributed by atoms with Crippen LogP contribution in [0, 0.1) is 0 Å². The van der Waals surface area contributed by atoms with E-state index in [1.54, 1.807) is 29.6 Å². The lowest BCUT2D eigenvalue weighted by atomic mass is 10.1. The average Bonchev–Trinajstić information content (AvgIpc) is 2.67. The highest BCUT2D eigenvalue weighted by molar-refractivity contribution is 7.13. The van der Waals surface area contributed by atoms with E-state index in [2.05, 4.69) is 0 Å². The Hall–Kier alpha value is -0.540. The van der Waals surface area contributed by atoms with E-state index in [1.165, 1.54) is 11.3 Å². The SMILES string of the molecule is O=C(c1cc(Cl)ccc1Cl)c1sccc1Cl. The quantitative estimate of drug-likeness (QED) is 0.716. The second-order valence-corrected chi connectivity index (χ2v) is 5.22. The molecule has 1 aromatic heterocycles. The number of halogens is 3. The van der Waals surface area contributed by atoms with Crippen molar-refractivity contribution in [1.82, 2.24) is 0 Å². The molecule has 1 nitrogen and oxygen atoms in total. The first-order valence-electron chi connectivity index (χ1n) is 4.32. The zero-order valence-electron chi connectivity index (χ0n) is 7.84. The van der Waals surface area contributed by atoms with Gasteiger partial charge in [0.05, 0.1) is 14.9 Å². The first kappa shape index (κ1) is 11.9. The van der Waals surface area contributed by atoms with Gasteiger partial charge in [0.25, 0.3) is 0 Å². The Morgan fingerprint density at radius 2 is 1.81 bits per heavy atom. The van der Waals surface area contributed by atoms with Gasteiger partial charge in [0, 0.05) is 10.6 Å². The Balaban J connectivity index is 2.49. The Kier molecular flexibility index (Phi) is 3.55. The van der Waals surface area contributed by atoms with Crippen molar-refractivity contribution < 1.29 is 4.79 Å². The molecule has 0 aliphatic heterocycles. The topological polar surface area (TPSA) is 17.1 Å². The van der Waals surface area contributed by atoms with Crippen LogP contribution in [-0.4, -0.2) is 5.78 Å². The highest BCUT2D eigenvalue weighted by Crippen LogP contribution is 2.29. The molecule has 0 atom stereocenters. The van der Waals surface area contributed by atoms with Crippen LogP contribution in [0.4, 0.5) is 0 Å². The van der Waals surface area contributed by atoms with Crippen LogP contribution in [0.1, 0.15) is 15.2 Å². The maximum absolute atomic E-state index is 12.1. The molecule has 0 aliphatic rings. The van der Waals surface area contributed by atoms with E-state index in [1.807, 2.05) is 0 Å². The summed E-state index contributed by atoms with van der Waals surface area (Å²) in [6, 6.07) is 6.45. The van der Waals surface area contributed by atoms with Gasteiger partial charge in [0.2, 0.25) is 5.78 Å². The third-order valence-electron chi connectivity index (χ3n) is 2.00. The maximum atomic E-state index is 12.1. The summed E-state index contributed by atoms with van der Waals surface area (Å²) in [7, 11) is 0. The van der Waals surface area contributed by atoms with Crippen molar-refractivity contribution >= 4 is 51.9 Å². The van der Waals surface area contributed by atoms with Gasteiger partial charge < -0.3 is 0 Å². The molecule has 2 rings (SSSR count). The standard InChI is InChI=1S/C11H5Cl3OS/c12-6-1-2-8(13)7(5-6)10(15)11-9(14)3-4-16-11/h1-5H. The van der Waals surface area contributed by atoms with Gasteiger partial charge >= 0.3 is 0 Å². The molecule has 0 unspecified atom stereocenters. The molecule has 1 aromatic carbocycles. The zero-order valence-corrected chi connectivity index (χ0v) is 10.9. The van der Waals surface area contributed by atoms with E-state index in [4.69, 9.17) is 34.8 Å². The molecule has 0 spiro atoms. The summed E-state index contributed by atoms with van der Waals surface area (Å²) in [5.74, 6) is -0.201. The van der Waals surface area contributed by atoms with E-state index in [0.29, 0.717) is 25.5 Å². The third-order valence-corrected chi connectivity index (χ3v) is 3.90. The second-order valence-electron chi connectivity index (χ2n) is 3.05. The molecule has 1 heterocycles. The van der Waals surface area contributed by atoms with E-state index < -0.39 is 0 Å². The molecule has 82 valence electrons. The Bertz CT molecular complexity index is 548. The van der Waals surface area contributed by atoms with Crippen molar-refractivity contribution in [2.75, 3.05) is 0 Å². The van der Waals surface area contributed by atoms with Crippen LogP contribution in [0.5, 0.6) is 0 Å². The summed E-state index contributed by atoms with van der Waals surface area (Å²) >= 11 is 18.9. The third kappa shape index (κ3) is 2.25.